The minimum absolute atomic E-state index is 0.0966. The third-order valence-electron chi connectivity index (χ3n) is 2.76. The number of aliphatic hydroxyl groups excluding tert-OH is 1. The largest absolute Gasteiger partial charge is 0.391 e. The van der Waals surface area contributed by atoms with Crippen LogP contribution in [-0.4, -0.2) is 26.8 Å². The first kappa shape index (κ1) is 14.2. The topological polar surface area (TPSA) is 50.1 Å². The van der Waals surface area contributed by atoms with E-state index >= 15 is 0 Å². The first-order valence-corrected chi connectivity index (χ1v) is 6.21. The Kier molecular flexibility index (Phi) is 4.71. The van der Waals surface area contributed by atoms with Crippen LogP contribution in [0.15, 0.2) is 12.5 Å². The van der Waals surface area contributed by atoms with Crippen LogP contribution in [0.25, 0.3) is 0 Å². The van der Waals surface area contributed by atoms with Crippen molar-refractivity contribution < 1.29 is 5.11 Å². The van der Waals surface area contributed by atoms with Crippen molar-refractivity contribution in [1.82, 2.24) is 14.9 Å². The molecule has 17 heavy (non-hydrogen) atoms. The summed E-state index contributed by atoms with van der Waals surface area (Å²) < 4.78 is 1.95. The molecule has 0 spiro atoms. The van der Waals surface area contributed by atoms with Gasteiger partial charge in [-0.15, -0.1) is 0 Å². The molecule has 0 radical (unpaired) electrons. The summed E-state index contributed by atoms with van der Waals surface area (Å²) in [5.41, 5.74) is 0.917. The zero-order valence-electron chi connectivity index (χ0n) is 11.6. The van der Waals surface area contributed by atoms with Gasteiger partial charge in [-0.2, -0.15) is 0 Å². The standard InChI is InChI=1S/C13H25N3O/c1-10(2)14-6-11-7-16(9-15-11)8-12(17)13(3,4)5/h7,9-10,12,14,17H,6,8H2,1-5H3. The normalized spacial score (nSPS) is 14.3. The number of hydrogen-bond acceptors (Lipinski definition) is 3. The lowest BCUT2D eigenvalue weighted by atomic mass is 9.89. The van der Waals surface area contributed by atoms with Gasteiger partial charge in [-0.25, -0.2) is 4.98 Å². The monoisotopic (exact) mass is 239 g/mol. The molecule has 0 amide bonds. The Bertz CT molecular complexity index is 339. The number of aliphatic hydroxyl groups is 1. The van der Waals surface area contributed by atoms with Crippen molar-refractivity contribution in [2.45, 2.75) is 59.9 Å². The van der Waals surface area contributed by atoms with Gasteiger partial charge < -0.3 is 15.0 Å². The Balaban J connectivity index is 2.51. The van der Waals surface area contributed by atoms with Crippen LogP contribution < -0.4 is 5.32 Å². The fraction of sp³-hybridized carbons (Fsp3) is 0.769. The maximum Gasteiger partial charge on any atom is 0.0950 e. The van der Waals surface area contributed by atoms with Crippen molar-refractivity contribution in [3.8, 4) is 0 Å². The average Bonchev–Trinajstić information content (AvgIpc) is 2.61. The maximum atomic E-state index is 10.0. The Morgan fingerprint density at radius 2 is 2.06 bits per heavy atom. The van der Waals surface area contributed by atoms with Gasteiger partial charge in [-0.3, -0.25) is 0 Å². The van der Waals surface area contributed by atoms with Crippen LogP contribution >= 0.6 is 0 Å². The highest BCUT2D eigenvalue weighted by Gasteiger charge is 2.22. The highest BCUT2D eigenvalue weighted by Crippen LogP contribution is 2.20. The molecule has 1 aromatic heterocycles. The van der Waals surface area contributed by atoms with Crippen molar-refractivity contribution in [1.29, 1.82) is 0 Å². The molecule has 98 valence electrons. The molecule has 0 aliphatic heterocycles. The summed E-state index contributed by atoms with van der Waals surface area (Å²) in [4.78, 5) is 4.31. The van der Waals surface area contributed by atoms with E-state index in [0.29, 0.717) is 12.6 Å². The van der Waals surface area contributed by atoms with Crippen LogP contribution in [0, 0.1) is 5.41 Å². The maximum absolute atomic E-state index is 10.0. The molecule has 1 aromatic rings. The van der Waals surface area contributed by atoms with Gasteiger partial charge >= 0.3 is 0 Å². The Hall–Kier alpha value is -0.870. The molecule has 4 heteroatoms. The third-order valence-corrected chi connectivity index (χ3v) is 2.76. The van der Waals surface area contributed by atoms with Crippen molar-refractivity contribution >= 4 is 0 Å². The van der Waals surface area contributed by atoms with Crippen molar-refractivity contribution in [3.05, 3.63) is 18.2 Å². The van der Waals surface area contributed by atoms with Crippen LogP contribution in [0.2, 0.25) is 0 Å². The van der Waals surface area contributed by atoms with Crippen LogP contribution in [0.5, 0.6) is 0 Å². The quantitative estimate of drug-likeness (QED) is 0.823. The molecule has 0 saturated heterocycles. The molecule has 0 aliphatic rings. The Morgan fingerprint density at radius 3 is 2.59 bits per heavy atom. The van der Waals surface area contributed by atoms with Crippen LogP contribution in [0.4, 0.5) is 0 Å². The van der Waals surface area contributed by atoms with Gasteiger partial charge in [0.25, 0.3) is 0 Å². The molecule has 4 nitrogen and oxygen atoms in total. The fourth-order valence-corrected chi connectivity index (χ4v) is 1.38. The van der Waals surface area contributed by atoms with Crippen LogP contribution in [0.3, 0.4) is 0 Å². The zero-order valence-corrected chi connectivity index (χ0v) is 11.6. The summed E-state index contributed by atoms with van der Waals surface area (Å²) in [7, 11) is 0. The molecule has 0 bridgehead atoms. The molecule has 0 fully saturated rings. The van der Waals surface area contributed by atoms with E-state index in [9.17, 15) is 5.11 Å². The molecule has 1 atom stereocenters. The first-order valence-electron chi connectivity index (χ1n) is 6.21. The smallest absolute Gasteiger partial charge is 0.0950 e. The van der Waals surface area contributed by atoms with Gasteiger partial charge in [0.15, 0.2) is 0 Å². The minimum Gasteiger partial charge on any atom is -0.391 e. The SMILES string of the molecule is CC(C)NCc1cn(CC(O)C(C)(C)C)cn1. The number of nitrogens with one attached hydrogen (secondary N) is 1. The van der Waals surface area contributed by atoms with Gasteiger partial charge in [0, 0.05) is 18.8 Å². The number of imidazole rings is 1. The lowest BCUT2D eigenvalue weighted by molar-refractivity contribution is 0.0480. The van der Waals surface area contributed by atoms with Crippen LogP contribution in [-0.2, 0) is 13.1 Å². The molecular weight excluding hydrogens is 214 g/mol. The van der Waals surface area contributed by atoms with Crippen molar-refractivity contribution in [2.75, 3.05) is 0 Å². The van der Waals surface area contributed by atoms with Crippen molar-refractivity contribution in [3.63, 3.8) is 0 Å². The second-order valence-electron chi connectivity index (χ2n) is 5.98. The van der Waals surface area contributed by atoms with E-state index in [1.165, 1.54) is 0 Å². The number of nitrogens with zero attached hydrogens (tertiary/aromatic N) is 2. The summed E-state index contributed by atoms with van der Waals surface area (Å²) in [5.74, 6) is 0. The molecule has 1 rings (SSSR count). The Labute approximate surface area is 104 Å². The van der Waals surface area contributed by atoms with E-state index in [2.05, 4.69) is 24.1 Å². The van der Waals surface area contributed by atoms with E-state index in [1.807, 2.05) is 31.5 Å². The summed E-state index contributed by atoms with van der Waals surface area (Å²) in [5, 5.41) is 13.3. The van der Waals surface area contributed by atoms with E-state index in [0.717, 1.165) is 12.2 Å². The lowest BCUT2D eigenvalue weighted by Gasteiger charge is -2.25. The summed E-state index contributed by atoms with van der Waals surface area (Å²) in [6, 6.07) is 0.459. The third kappa shape index (κ3) is 4.88. The number of rotatable bonds is 5. The second-order valence-corrected chi connectivity index (χ2v) is 5.98. The number of hydrogen-bond donors (Lipinski definition) is 2. The second kappa shape index (κ2) is 5.65. The molecule has 0 aromatic carbocycles. The average molecular weight is 239 g/mol. The number of aromatic nitrogens is 2. The van der Waals surface area contributed by atoms with Crippen LogP contribution in [0.1, 0.15) is 40.3 Å². The molecule has 1 unspecified atom stereocenters. The molecular formula is C13H25N3O. The predicted octanol–water partition coefficient (Wildman–Crippen LogP) is 1.79. The fourth-order valence-electron chi connectivity index (χ4n) is 1.38. The predicted molar refractivity (Wildman–Crippen MR) is 69.7 cm³/mol. The van der Waals surface area contributed by atoms with E-state index < -0.39 is 0 Å². The summed E-state index contributed by atoms with van der Waals surface area (Å²) in [6.45, 7) is 11.7. The highest BCUT2D eigenvalue weighted by atomic mass is 16.3. The van der Waals surface area contributed by atoms with Crippen molar-refractivity contribution in [2.24, 2.45) is 5.41 Å². The lowest BCUT2D eigenvalue weighted by Crippen LogP contribution is -2.30. The minimum atomic E-state index is -0.359. The zero-order chi connectivity index (χ0) is 13.1. The molecule has 0 saturated carbocycles. The highest BCUT2D eigenvalue weighted by molar-refractivity contribution is 4.97. The van der Waals surface area contributed by atoms with E-state index in [1.54, 1.807) is 6.33 Å². The van der Waals surface area contributed by atoms with Gasteiger partial charge in [0.1, 0.15) is 0 Å². The summed E-state index contributed by atoms with van der Waals surface area (Å²) in [6.07, 6.45) is 3.42. The van der Waals surface area contributed by atoms with E-state index in [-0.39, 0.29) is 11.5 Å². The van der Waals surface area contributed by atoms with Gasteiger partial charge in [0.2, 0.25) is 0 Å². The first-order chi connectivity index (χ1) is 7.79. The van der Waals surface area contributed by atoms with Gasteiger partial charge in [0.05, 0.1) is 24.7 Å². The van der Waals surface area contributed by atoms with E-state index in [4.69, 9.17) is 0 Å². The molecule has 0 aliphatic carbocycles. The Morgan fingerprint density at radius 1 is 1.41 bits per heavy atom. The summed E-state index contributed by atoms with van der Waals surface area (Å²) >= 11 is 0. The van der Waals surface area contributed by atoms with Gasteiger partial charge in [-0.05, 0) is 5.41 Å². The molecule has 2 N–H and O–H groups in total. The van der Waals surface area contributed by atoms with Gasteiger partial charge in [-0.1, -0.05) is 34.6 Å². The molecule has 1 heterocycles.